The fraction of sp³-hybridized carbons (Fsp3) is 0.423. The first kappa shape index (κ1) is 24.5. The monoisotopic (exact) mass is 489 g/mol. The molecule has 5 rings (SSSR count). The number of benzene rings is 2. The first-order chi connectivity index (χ1) is 16.0. The number of unbranched alkanes of at least 4 members (excludes halogenated alkanes) is 1. The second-order valence-electron chi connectivity index (χ2n) is 9.27. The normalized spacial score (nSPS) is 17.3. The van der Waals surface area contributed by atoms with Gasteiger partial charge in [-0.05, 0) is 68.8 Å². The van der Waals surface area contributed by atoms with Crippen molar-refractivity contribution in [3.05, 3.63) is 65.4 Å². The van der Waals surface area contributed by atoms with Crippen LogP contribution in [0, 0.1) is 17.6 Å². The summed E-state index contributed by atoms with van der Waals surface area (Å²) in [5.74, 6) is -0.348. The molecule has 8 heteroatoms. The highest BCUT2D eigenvalue weighted by molar-refractivity contribution is 5.95. The number of primary amides is 1. The molecule has 2 N–H and O–H groups in total. The van der Waals surface area contributed by atoms with Crippen molar-refractivity contribution in [1.29, 1.82) is 0 Å². The van der Waals surface area contributed by atoms with Gasteiger partial charge in [-0.1, -0.05) is 12.1 Å². The van der Waals surface area contributed by atoms with Crippen molar-refractivity contribution in [3.63, 3.8) is 0 Å². The van der Waals surface area contributed by atoms with Crippen LogP contribution in [0.5, 0.6) is 5.75 Å². The van der Waals surface area contributed by atoms with E-state index in [9.17, 15) is 13.6 Å². The zero-order valence-electron chi connectivity index (χ0n) is 19.0. The van der Waals surface area contributed by atoms with Gasteiger partial charge in [0, 0.05) is 41.8 Å². The first-order valence-corrected chi connectivity index (χ1v) is 11.7. The molecule has 1 amide bonds. The molecule has 0 spiro atoms. The van der Waals surface area contributed by atoms with Crippen molar-refractivity contribution in [2.75, 3.05) is 19.7 Å². The van der Waals surface area contributed by atoms with Gasteiger partial charge in [0.15, 0.2) is 11.6 Å². The van der Waals surface area contributed by atoms with Gasteiger partial charge in [-0.2, -0.15) is 0 Å². The Bertz CT molecular complexity index is 1180. The van der Waals surface area contributed by atoms with Crippen LogP contribution in [-0.4, -0.2) is 41.1 Å². The van der Waals surface area contributed by atoms with Gasteiger partial charge >= 0.3 is 0 Å². The number of fused-ring (bicyclic) bond motifs is 2. The molecule has 5 nitrogen and oxygen atoms in total. The van der Waals surface area contributed by atoms with E-state index < -0.39 is 11.7 Å². The number of aryl methyl sites for hydroxylation is 1. The molecule has 182 valence electrons. The minimum Gasteiger partial charge on any atom is -0.489 e. The van der Waals surface area contributed by atoms with E-state index in [0.29, 0.717) is 35.6 Å². The second-order valence-corrected chi connectivity index (χ2v) is 9.27. The fourth-order valence-electron chi connectivity index (χ4n) is 4.95. The molecule has 1 unspecified atom stereocenters. The Morgan fingerprint density at radius 3 is 2.71 bits per heavy atom. The number of halogens is 3. The van der Waals surface area contributed by atoms with E-state index in [0.717, 1.165) is 37.9 Å². The van der Waals surface area contributed by atoms with Gasteiger partial charge in [-0.3, -0.25) is 9.69 Å². The van der Waals surface area contributed by atoms with Crippen molar-refractivity contribution in [1.82, 2.24) is 9.47 Å². The molecule has 1 atom stereocenters. The van der Waals surface area contributed by atoms with Crippen molar-refractivity contribution in [2.24, 2.45) is 11.7 Å². The van der Waals surface area contributed by atoms with E-state index in [1.807, 2.05) is 22.9 Å². The fourth-order valence-corrected chi connectivity index (χ4v) is 4.95. The predicted octanol–water partition coefficient (Wildman–Crippen LogP) is 4.94. The van der Waals surface area contributed by atoms with Gasteiger partial charge in [-0.25, -0.2) is 8.78 Å². The van der Waals surface area contributed by atoms with Crippen LogP contribution in [0.4, 0.5) is 8.78 Å². The van der Waals surface area contributed by atoms with E-state index in [-0.39, 0.29) is 30.0 Å². The highest BCUT2D eigenvalue weighted by Crippen LogP contribution is 2.35. The van der Waals surface area contributed by atoms with Gasteiger partial charge in [-0.15, -0.1) is 12.4 Å². The Hall–Kier alpha value is -2.64. The van der Waals surface area contributed by atoms with Gasteiger partial charge in [0.1, 0.15) is 12.4 Å². The lowest BCUT2D eigenvalue weighted by Crippen LogP contribution is -2.45. The van der Waals surface area contributed by atoms with Crippen LogP contribution in [0.1, 0.15) is 41.6 Å². The van der Waals surface area contributed by atoms with Gasteiger partial charge in [0.2, 0.25) is 5.91 Å². The van der Waals surface area contributed by atoms with E-state index in [4.69, 9.17) is 10.5 Å². The molecule has 1 aromatic heterocycles. The smallest absolute Gasteiger partial charge is 0.249 e. The summed E-state index contributed by atoms with van der Waals surface area (Å²) in [6.07, 6.45) is 6.83. The summed E-state index contributed by atoms with van der Waals surface area (Å²) >= 11 is 0. The SMILES string of the molecule is Cl.NC(=O)c1ccc(F)c2c1CC(N(CCCCn1ccc3cccc(F)c31)CC1CC1)CO2. The Morgan fingerprint density at radius 2 is 1.94 bits per heavy atom. The number of aromatic nitrogens is 1. The van der Waals surface area contributed by atoms with Gasteiger partial charge in [0.05, 0.1) is 5.52 Å². The highest BCUT2D eigenvalue weighted by atomic mass is 35.5. The second kappa shape index (κ2) is 10.3. The molecular formula is C26H30ClF2N3O2. The standard InChI is InChI=1S/C26H29F2N3O2.ClH/c27-22-5-3-4-18-10-13-30(24(18)22)11-1-2-12-31(15-17-6-7-17)19-14-21-20(26(29)32)8-9-23(28)25(21)33-16-19;/h3-5,8-10,13,17,19H,1-2,6-7,11-12,14-16H2,(H2,29,32);1H. The molecule has 3 aromatic rings. The number of ether oxygens (including phenoxy) is 1. The largest absolute Gasteiger partial charge is 0.489 e. The van der Waals surface area contributed by atoms with Crippen LogP contribution in [0.15, 0.2) is 42.6 Å². The number of nitrogens with zero attached hydrogens (tertiary/aromatic N) is 2. The molecule has 0 bridgehead atoms. The highest BCUT2D eigenvalue weighted by Gasteiger charge is 2.33. The minimum atomic E-state index is -0.560. The van der Waals surface area contributed by atoms with E-state index >= 15 is 0 Å². The number of hydrogen-bond donors (Lipinski definition) is 1. The van der Waals surface area contributed by atoms with E-state index in [1.165, 1.54) is 31.0 Å². The minimum absolute atomic E-state index is 0. The third-order valence-corrected chi connectivity index (χ3v) is 6.88. The lowest BCUT2D eigenvalue weighted by molar-refractivity contribution is 0.0979. The van der Waals surface area contributed by atoms with Crippen LogP contribution in [-0.2, 0) is 13.0 Å². The molecule has 34 heavy (non-hydrogen) atoms. The van der Waals surface area contributed by atoms with Gasteiger partial charge < -0.3 is 15.0 Å². The van der Waals surface area contributed by atoms with Gasteiger partial charge in [0.25, 0.3) is 0 Å². The third-order valence-electron chi connectivity index (χ3n) is 6.88. The topological polar surface area (TPSA) is 60.5 Å². The number of nitrogens with two attached hydrogens (primary N) is 1. The summed E-state index contributed by atoms with van der Waals surface area (Å²) in [5, 5.41) is 0.917. The molecule has 1 aliphatic heterocycles. The zero-order chi connectivity index (χ0) is 22.9. The summed E-state index contributed by atoms with van der Waals surface area (Å²) in [6.45, 7) is 3.00. The molecule has 2 aromatic carbocycles. The molecule has 2 heterocycles. The summed E-state index contributed by atoms with van der Waals surface area (Å²) < 4.78 is 36.3. The lowest BCUT2D eigenvalue weighted by atomic mass is 9.95. The van der Waals surface area contributed by atoms with Crippen LogP contribution < -0.4 is 10.5 Å². The van der Waals surface area contributed by atoms with Crippen molar-refractivity contribution in [3.8, 4) is 5.75 Å². The Morgan fingerprint density at radius 1 is 1.12 bits per heavy atom. The first-order valence-electron chi connectivity index (χ1n) is 11.7. The number of carbonyl (C=O) groups excluding carboxylic acids is 1. The molecule has 0 saturated heterocycles. The molecule has 0 radical (unpaired) electrons. The zero-order valence-corrected chi connectivity index (χ0v) is 19.8. The summed E-state index contributed by atoms with van der Waals surface area (Å²) in [4.78, 5) is 14.3. The average Bonchev–Trinajstić information content (AvgIpc) is 3.53. The summed E-state index contributed by atoms with van der Waals surface area (Å²) in [5.41, 5.74) is 7.11. The van der Waals surface area contributed by atoms with E-state index in [1.54, 1.807) is 6.07 Å². The van der Waals surface area contributed by atoms with Crippen molar-refractivity contribution < 1.29 is 18.3 Å². The summed E-state index contributed by atoms with van der Waals surface area (Å²) in [6, 6.07) is 9.88. The van der Waals surface area contributed by atoms with Crippen LogP contribution in [0.2, 0.25) is 0 Å². The number of hydrogen-bond acceptors (Lipinski definition) is 3. The summed E-state index contributed by atoms with van der Waals surface area (Å²) in [7, 11) is 0. The molecule has 1 aliphatic carbocycles. The Labute approximate surface area is 204 Å². The molecule has 2 aliphatic rings. The quantitative estimate of drug-likeness (QED) is 0.433. The molecule has 1 saturated carbocycles. The number of amides is 1. The van der Waals surface area contributed by atoms with Crippen LogP contribution in [0.3, 0.4) is 0 Å². The number of carbonyl (C=O) groups is 1. The molecular weight excluding hydrogens is 460 g/mol. The Kier molecular flexibility index (Phi) is 7.43. The maximum absolute atomic E-state index is 14.3. The number of rotatable bonds is 9. The van der Waals surface area contributed by atoms with Crippen molar-refractivity contribution >= 4 is 29.2 Å². The Balaban J connectivity index is 0.00000274. The molecule has 1 fully saturated rings. The third kappa shape index (κ3) is 5.05. The lowest BCUT2D eigenvalue weighted by Gasteiger charge is -2.36. The maximum atomic E-state index is 14.3. The van der Waals surface area contributed by atoms with Crippen molar-refractivity contribution in [2.45, 2.75) is 44.7 Å². The number of para-hydroxylation sites is 1. The van der Waals surface area contributed by atoms with Crippen LogP contribution >= 0.6 is 12.4 Å². The average molecular weight is 490 g/mol. The predicted molar refractivity (Wildman–Crippen MR) is 131 cm³/mol. The van der Waals surface area contributed by atoms with Crippen LogP contribution in [0.25, 0.3) is 10.9 Å². The maximum Gasteiger partial charge on any atom is 0.249 e. The van der Waals surface area contributed by atoms with E-state index in [2.05, 4.69) is 4.90 Å².